The van der Waals surface area contributed by atoms with Crippen molar-refractivity contribution in [3.63, 3.8) is 0 Å². The molecule has 0 aliphatic rings. The standard InChI is InChI=1S/C18H16N2O4.C16H16N2O4.C14H12N2O4.3Cu/c1-13-7-15(3-5-23-11-21)9-17(19-13)18-10-16(4-6-24-12-22)8-14(2)20-18;1-7-5-11(15(19)20)9(3)17-13(7)14-8(2)6-12(16(21)22)10(4)18-14;1-9-3-11(19-7-17)5-13(15-9)14-6-12(20-8-18)4-10(2)16-14;;;/h3-12H,1-2H3;5-6H,1-4H3,(H,19,20)(H,21,22);3-8H,1-2H3;;;/b5-3-,6-4-;;;;;. The van der Waals surface area contributed by atoms with Gasteiger partial charge in [0, 0.05) is 98.2 Å². The van der Waals surface area contributed by atoms with Crippen molar-refractivity contribution >= 4 is 50.0 Å². The number of carbonyl (C=O) groups excluding carboxylic acids is 4. The first-order valence-corrected chi connectivity index (χ1v) is 19.6. The van der Waals surface area contributed by atoms with Crippen LogP contribution in [0.4, 0.5) is 0 Å². The summed E-state index contributed by atoms with van der Waals surface area (Å²) in [4.78, 5) is 89.8. The quantitative estimate of drug-likeness (QED) is 0.0568. The van der Waals surface area contributed by atoms with Crippen molar-refractivity contribution in [2.45, 2.75) is 55.4 Å². The zero-order valence-electron chi connectivity index (χ0n) is 38.0. The third-order valence-corrected chi connectivity index (χ3v) is 8.98. The number of aromatic nitrogens is 6. The number of aryl methyl sites for hydroxylation is 8. The molecule has 0 aliphatic heterocycles. The summed E-state index contributed by atoms with van der Waals surface area (Å²) in [7, 11) is 0. The predicted octanol–water partition coefficient (Wildman–Crippen LogP) is 7.64. The fraction of sp³-hybridized carbons (Fsp3) is 0.167. The van der Waals surface area contributed by atoms with Crippen LogP contribution < -0.4 is 9.47 Å². The van der Waals surface area contributed by atoms with Gasteiger partial charge in [0.2, 0.25) is 0 Å². The van der Waals surface area contributed by atoms with Gasteiger partial charge in [0.15, 0.2) is 0 Å². The Morgan fingerprint density at radius 3 is 1.06 bits per heavy atom. The number of carboxylic acids is 2. The molecule has 0 fully saturated rings. The summed E-state index contributed by atoms with van der Waals surface area (Å²) in [6.07, 6.45) is 5.95. The van der Waals surface area contributed by atoms with Crippen LogP contribution in [-0.4, -0.2) is 77.9 Å². The molecule has 0 unspecified atom stereocenters. The van der Waals surface area contributed by atoms with Gasteiger partial charge in [0.1, 0.15) is 11.5 Å². The SMILES string of the molecule is Cc1cc(/C=C\OC=O)cc(-c2cc(/C=C\OC=O)cc(C)n2)n1.Cc1cc(C(=O)O)c(C)nc1-c1nc(C)c(C(=O)O)cc1C.Cc1cc(OC=O)cc(-c2cc(OC=O)cc(C)n2)n1.[Cu].[Cu].[Cu]. The van der Waals surface area contributed by atoms with Crippen molar-refractivity contribution in [1.82, 2.24) is 29.9 Å². The number of carboxylic acid groups (broad SMARTS) is 2. The molecule has 371 valence electrons. The Labute approximate surface area is 428 Å². The third kappa shape index (κ3) is 17.7. The summed E-state index contributed by atoms with van der Waals surface area (Å²) >= 11 is 0. The van der Waals surface area contributed by atoms with Crippen LogP contribution in [0.25, 0.3) is 46.3 Å². The number of hydrogen-bond donors (Lipinski definition) is 2. The third-order valence-electron chi connectivity index (χ3n) is 8.98. The van der Waals surface area contributed by atoms with Crippen molar-refractivity contribution < 1.29 is 109 Å². The molecule has 6 heterocycles. The fourth-order valence-electron chi connectivity index (χ4n) is 6.25. The van der Waals surface area contributed by atoms with Gasteiger partial charge in [0.25, 0.3) is 25.9 Å². The first kappa shape index (κ1) is 59.8. The van der Waals surface area contributed by atoms with E-state index in [4.69, 9.17) is 19.7 Å². The zero-order chi connectivity index (χ0) is 48.5. The molecule has 18 nitrogen and oxygen atoms in total. The van der Waals surface area contributed by atoms with Gasteiger partial charge in [-0.3, -0.25) is 49.1 Å². The van der Waals surface area contributed by atoms with Crippen molar-refractivity contribution in [2.24, 2.45) is 0 Å². The zero-order valence-corrected chi connectivity index (χ0v) is 40.8. The summed E-state index contributed by atoms with van der Waals surface area (Å²) in [5.41, 5.74) is 10.7. The van der Waals surface area contributed by atoms with Crippen LogP contribution in [-0.2, 0) is 79.9 Å². The molecule has 0 aromatic carbocycles. The largest absolute Gasteiger partial charge is 0.478 e. The number of pyridine rings is 6. The molecular weight excluding hydrogens is 1040 g/mol. The molecule has 0 bridgehead atoms. The number of rotatable bonds is 15. The van der Waals surface area contributed by atoms with Crippen LogP contribution in [0.2, 0.25) is 0 Å². The Morgan fingerprint density at radius 2 is 0.754 bits per heavy atom. The number of ether oxygens (including phenoxy) is 4. The molecule has 21 heteroatoms. The molecular formula is C48H44Cu3N6O12. The Bertz CT molecular complexity index is 2680. The summed E-state index contributed by atoms with van der Waals surface area (Å²) < 4.78 is 18.8. The minimum absolute atomic E-state index is 0. The van der Waals surface area contributed by atoms with Crippen molar-refractivity contribution in [2.75, 3.05) is 0 Å². The summed E-state index contributed by atoms with van der Waals surface area (Å²) in [6.45, 7) is 15.5. The van der Waals surface area contributed by atoms with Crippen molar-refractivity contribution in [1.29, 1.82) is 0 Å². The normalized spacial score (nSPS) is 10.0. The molecule has 2 N–H and O–H groups in total. The van der Waals surface area contributed by atoms with Gasteiger partial charge < -0.3 is 29.2 Å². The minimum atomic E-state index is -1.03. The molecule has 6 aromatic rings. The predicted molar refractivity (Wildman–Crippen MR) is 240 cm³/mol. The second-order valence-corrected chi connectivity index (χ2v) is 14.2. The number of nitrogens with zero attached hydrogens (tertiary/aromatic N) is 6. The molecule has 0 amide bonds. The van der Waals surface area contributed by atoms with Gasteiger partial charge in [-0.2, -0.15) is 0 Å². The van der Waals surface area contributed by atoms with Crippen molar-refractivity contribution in [3.8, 4) is 45.7 Å². The van der Waals surface area contributed by atoms with E-state index in [0.29, 0.717) is 105 Å². The summed E-state index contributed by atoms with van der Waals surface area (Å²) in [5, 5.41) is 18.3. The summed E-state index contributed by atoms with van der Waals surface area (Å²) in [5.74, 6) is -1.30. The van der Waals surface area contributed by atoms with E-state index in [1.54, 1.807) is 90.1 Å². The van der Waals surface area contributed by atoms with Gasteiger partial charge in [0.05, 0.1) is 69.2 Å². The first-order valence-electron chi connectivity index (χ1n) is 19.6. The van der Waals surface area contributed by atoms with Gasteiger partial charge in [-0.1, -0.05) is 0 Å². The molecule has 0 atom stereocenters. The van der Waals surface area contributed by atoms with Crippen LogP contribution in [0.5, 0.6) is 11.5 Å². The van der Waals surface area contributed by atoms with E-state index in [1.165, 1.54) is 12.5 Å². The Kier molecular flexibility index (Phi) is 25.0. The van der Waals surface area contributed by atoms with Crippen molar-refractivity contribution in [3.05, 3.63) is 141 Å². The summed E-state index contributed by atoms with van der Waals surface area (Å²) in [6, 6.07) is 17.0. The van der Waals surface area contributed by atoms with Gasteiger partial charge >= 0.3 is 11.9 Å². The molecule has 0 spiro atoms. The molecule has 0 saturated carbocycles. The molecule has 69 heavy (non-hydrogen) atoms. The van der Waals surface area contributed by atoms with Crippen LogP contribution in [0.1, 0.15) is 77.1 Å². The van der Waals surface area contributed by atoms with E-state index < -0.39 is 11.9 Å². The van der Waals surface area contributed by atoms with E-state index in [1.807, 2.05) is 38.1 Å². The number of aromatic carboxylic acids is 2. The van der Waals surface area contributed by atoms with E-state index in [-0.39, 0.29) is 62.3 Å². The molecule has 0 saturated heterocycles. The number of hydrogen-bond acceptors (Lipinski definition) is 16. The van der Waals surface area contributed by atoms with E-state index >= 15 is 0 Å². The van der Waals surface area contributed by atoms with Crippen LogP contribution in [0.3, 0.4) is 0 Å². The van der Waals surface area contributed by atoms with Crippen LogP contribution in [0.15, 0.2) is 73.2 Å². The smallest absolute Gasteiger partial charge is 0.337 e. The molecule has 6 rings (SSSR count). The monoisotopic (exact) mass is 1090 g/mol. The molecule has 6 aromatic heterocycles. The Balaban J connectivity index is 0.000000508. The van der Waals surface area contributed by atoms with Gasteiger partial charge in [-0.25, -0.2) is 9.59 Å². The first-order chi connectivity index (χ1) is 31.5. The maximum Gasteiger partial charge on any atom is 0.337 e. The topological polar surface area (TPSA) is 257 Å². The maximum absolute atomic E-state index is 11.1. The molecule has 3 radical (unpaired) electrons. The number of carbonyl (C=O) groups is 6. The average molecular weight is 1090 g/mol. The second kappa shape index (κ2) is 28.8. The van der Waals surface area contributed by atoms with Gasteiger partial charge in [-0.05, 0) is 126 Å². The van der Waals surface area contributed by atoms with Crippen LogP contribution in [0, 0.1) is 55.4 Å². The Morgan fingerprint density at radius 1 is 0.435 bits per heavy atom. The van der Waals surface area contributed by atoms with E-state index in [2.05, 4.69) is 39.4 Å². The maximum atomic E-state index is 11.1. The Hall–Kier alpha value is -7.24. The average Bonchev–Trinajstić information content (AvgIpc) is 3.25. The minimum Gasteiger partial charge on any atom is -0.478 e. The fourth-order valence-corrected chi connectivity index (χ4v) is 6.25. The van der Waals surface area contributed by atoms with Crippen LogP contribution >= 0.6 is 0 Å². The molecule has 0 aliphatic carbocycles. The van der Waals surface area contributed by atoms with E-state index in [0.717, 1.165) is 22.5 Å². The van der Waals surface area contributed by atoms with E-state index in [9.17, 15) is 28.8 Å². The second-order valence-electron chi connectivity index (χ2n) is 14.2. The van der Waals surface area contributed by atoms with Gasteiger partial charge in [-0.15, -0.1) is 0 Å².